The zero-order valence-electron chi connectivity index (χ0n) is 10.3. The van der Waals surface area contributed by atoms with Crippen LogP contribution in [0.5, 0.6) is 0 Å². The highest BCUT2D eigenvalue weighted by atomic mass is 19.3. The molecule has 0 spiro atoms. The Kier molecular flexibility index (Phi) is 4.43. The molecular formula is C11H19F2NO3. The lowest BCUT2D eigenvalue weighted by atomic mass is 10.0. The number of nitrogens with zero attached hydrogens (tertiary/aromatic N) is 1. The summed E-state index contributed by atoms with van der Waals surface area (Å²) in [6.07, 6.45) is -2.58. The third kappa shape index (κ3) is 3.61. The number of alkyl halides is 2. The van der Waals surface area contributed by atoms with Gasteiger partial charge in [-0.15, -0.1) is 0 Å². The number of aliphatic hydroxyl groups excluding tert-OH is 1. The van der Waals surface area contributed by atoms with Crippen molar-refractivity contribution in [2.75, 3.05) is 13.1 Å². The summed E-state index contributed by atoms with van der Waals surface area (Å²) in [4.78, 5) is 12.4. The topological polar surface area (TPSA) is 49.8 Å². The molecule has 1 aliphatic heterocycles. The summed E-state index contributed by atoms with van der Waals surface area (Å²) in [7, 11) is 0. The van der Waals surface area contributed by atoms with Gasteiger partial charge in [0.2, 0.25) is 0 Å². The van der Waals surface area contributed by atoms with E-state index in [9.17, 15) is 13.6 Å². The molecule has 0 unspecified atom stereocenters. The maximum absolute atomic E-state index is 13.7. The fourth-order valence-corrected chi connectivity index (χ4v) is 1.87. The van der Waals surface area contributed by atoms with Gasteiger partial charge in [-0.2, -0.15) is 0 Å². The van der Waals surface area contributed by atoms with Gasteiger partial charge in [0.05, 0.1) is 12.6 Å². The predicted molar refractivity (Wildman–Crippen MR) is 57.8 cm³/mol. The van der Waals surface area contributed by atoms with Crippen molar-refractivity contribution in [3.05, 3.63) is 0 Å². The first-order valence-electron chi connectivity index (χ1n) is 5.74. The van der Waals surface area contributed by atoms with Crippen LogP contribution in [0.1, 0.15) is 27.2 Å². The normalized spacial score (nSPS) is 26.1. The third-order valence-electron chi connectivity index (χ3n) is 2.64. The van der Waals surface area contributed by atoms with Gasteiger partial charge in [0, 0.05) is 6.54 Å². The van der Waals surface area contributed by atoms with Gasteiger partial charge >= 0.3 is 0 Å². The van der Waals surface area contributed by atoms with Gasteiger partial charge < -0.3 is 14.7 Å². The first-order valence-corrected chi connectivity index (χ1v) is 5.74. The van der Waals surface area contributed by atoms with Crippen molar-refractivity contribution in [1.82, 2.24) is 4.90 Å². The smallest absolute Gasteiger partial charge is 0.290 e. The van der Waals surface area contributed by atoms with Crippen LogP contribution in [0.25, 0.3) is 0 Å². The first kappa shape index (κ1) is 14.3. The van der Waals surface area contributed by atoms with E-state index in [0.717, 1.165) is 4.90 Å². The zero-order valence-corrected chi connectivity index (χ0v) is 10.3. The summed E-state index contributed by atoms with van der Waals surface area (Å²) < 4.78 is 32.5. The zero-order chi connectivity index (χ0) is 13.2. The molecule has 17 heavy (non-hydrogen) atoms. The van der Waals surface area contributed by atoms with Crippen LogP contribution < -0.4 is 0 Å². The number of likely N-dealkylation sites (tertiary alicyclic amines) is 1. The molecule has 1 amide bonds. The fraction of sp³-hybridized carbons (Fsp3) is 0.909. The Hall–Kier alpha value is -0.750. The lowest BCUT2D eigenvalue weighted by molar-refractivity contribution is -0.191. The number of piperidine rings is 1. The summed E-state index contributed by atoms with van der Waals surface area (Å²) in [5.74, 6) is -3.72. The van der Waals surface area contributed by atoms with Gasteiger partial charge in [-0.25, -0.2) is 8.78 Å². The minimum Gasteiger partial charge on any atom is -0.384 e. The minimum atomic E-state index is -3.06. The molecule has 1 aliphatic rings. The molecule has 0 aromatic heterocycles. The second kappa shape index (κ2) is 5.27. The Bertz CT molecular complexity index is 282. The van der Waals surface area contributed by atoms with Crippen LogP contribution in [-0.4, -0.2) is 53.2 Å². The molecule has 0 saturated carbocycles. The molecular weight excluding hydrogens is 232 g/mol. The molecule has 4 nitrogen and oxygen atoms in total. The highest BCUT2D eigenvalue weighted by Gasteiger charge is 2.47. The third-order valence-corrected chi connectivity index (χ3v) is 2.64. The lowest BCUT2D eigenvalue weighted by Gasteiger charge is -2.39. The average Bonchev–Trinajstić information content (AvgIpc) is 2.18. The molecule has 1 N–H and O–H groups in total. The first-order chi connectivity index (χ1) is 7.74. The van der Waals surface area contributed by atoms with Crippen molar-refractivity contribution in [2.45, 2.75) is 51.4 Å². The summed E-state index contributed by atoms with van der Waals surface area (Å²) in [5, 5.41) is 9.09. The van der Waals surface area contributed by atoms with Crippen LogP contribution >= 0.6 is 0 Å². The van der Waals surface area contributed by atoms with E-state index in [1.54, 1.807) is 13.8 Å². The predicted octanol–water partition coefficient (Wildman–Crippen LogP) is 1.03. The average molecular weight is 251 g/mol. The standard InChI is InChI=1S/C11H19F2NO3/c1-7(2)17-9-4-5-14(6-11(9,12)13)10(16)8(3)15/h7-9,15H,4-6H2,1-3H3/t8-,9-/m0/s1. The number of amides is 1. The van der Waals surface area contributed by atoms with Gasteiger partial charge in [-0.3, -0.25) is 4.79 Å². The van der Waals surface area contributed by atoms with Crippen LogP contribution in [0.4, 0.5) is 8.78 Å². The molecule has 1 heterocycles. The highest BCUT2D eigenvalue weighted by molar-refractivity contribution is 5.80. The van der Waals surface area contributed by atoms with E-state index < -0.39 is 30.6 Å². The highest BCUT2D eigenvalue weighted by Crippen LogP contribution is 2.30. The molecule has 6 heteroatoms. The van der Waals surface area contributed by atoms with Crippen molar-refractivity contribution in [1.29, 1.82) is 0 Å². The van der Waals surface area contributed by atoms with Crippen molar-refractivity contribution in [3.63, 3.8) is 0 Å². The number of carbonyl (C=O) groups excluding carboxylic acids is 1. The van der Waals surface area contributed by atoms with E-state index >= 15 is 0 Å². The van der Waals surface area contributed by atoms with Crippen molar-refractivity contribution >= 4 is 5.91 Å². The Morgan fingerprint density at radius 2 is 2.06 bits per heavy atom. The number of aliphatic hydroxyl groups is 1. The van der Waals surface area contributed by atoms with E-state index in [4.69, 9.17) is 9.84 Å². The van der Waals surface area contributed by atoms with Gasteiger partial charge in [0.15, 0.2) is 0 Å². The van der Waals surface area contributed by atoms with Crippen molar-refractivity contribution in [2.24, 2.45) is 0 Å². The number of rotatable bonds is 3. The molecule has 1 rings (SSSR count). The van der Waals surface area contributed by atoms with E-state index in [2.05, 4.69) is 0 Å². The largest absolute Gasteiger partial charge is 0.384 e. The Morgan fingerprint density at radius 1 is 1.47 bits per heavy atom. The van der Waals surface area contributed by atoms with E-state index in [1.807, 2.05) is 0 Å². The van der Waals surface area contributed by atoms with E-state index in [-0.39, 0.29) is 19.1 Å². The lowest BCUT2D eigenvalue weighted by Crippen LogP contribution is -2.56. The van der Waals surface area contributed by atoms with Gasteiger partial charge in [0.25, 0.3) is 11.8 Å². The SMILES string of the molecule is CC(C)O[C@H]1CCN(C(=O)[C@H](C)O)CC1(F)F. The van der Waals surface area contributed by atoms with Crippen LogP contribution in [0.3, 0.4) is 0 Å². The molecule has 1 saturated heterocycles. The molecule has 100 valence electrons. The maximum Gasteiger partial charge on any atom is 0.290 e. The van der Waals surface area contributed by atoms with Gasteiger partial charge in [-0.05, 0) is 27.2 Å². The van der Waals surface area contributed by atoms with Crippen LogP contribution in [-0.2, 0) is 9.53 Å². The Balaban J connectivity index is 2.65. The number of hydrogen-bond donors (Lipinski definition) is 1. The fourth-order valence-electron chi connectivity index (χ4n) is 1.87. The number of ether oxygens (including phenoxy) is 1. The summed E-state index contributed by atoms with van der Waals surface area (Å²) in [6.45, 7) is 4.18. The molecule has 2 atom stereocenters. The van der Waals surface area contributed by atoms with Crippen LogP contribution in [0.2, 0.25) is 0 Å². The number of halogens is 2. The summed E-state index contributed by atoms with van der Waals surface area (Å²) in [5.41, 5.74) is 0. The molecule has 0 bridgehead atoms. The van der Waals surface area contributed by atoms with Crippen molar-refractivity contribution in [3.8, 4) is 0 Å². The summed E-state index contributed by atoms with van der Waals surface area (Å²) in [6, 6.07) is 0. The van der Waals surface area contributed by atoms with Crippen LogP contribution in [0, 0.1) is 0 Å². The maximum atomic E-state index is 13.7. The minimum absolute atomic E-state index is 0.0869. The molecule has 0 aromatic carbocycles. The number of carbonyl (C=O) groups is 1. The molecule has 0 radical (unpaired) electrons. The number of hydrogen-bond acceptors (Lipinski definition) is 3. The second-order valence-electron chi connectivity index (χ2n) is 4.66. The van der Waals surface area contributed by atoms with Crippen LogP contribution in [0.15, 0.2) is 0 Å². The molecule has 1 fully saturated rings. The van der Waals surface area contributed by atoms with E-state index in [0.29, 0.717) is 0 Å². The summed E-state index contributed by atoms with van der Waals surface area (Å²) >= 11 is 0. The monoisotopic (exact) mass is 251 g/mol. The molecule has 0 aliphatic carbocycles. The Morgan fingerprint density at radius 3 is 2.47 bits per heavy atom. The van der Waals surface area contributed by atoms with Crippen molar-refractivity contribution < 1.29 is 23.4 Å². The Labute approximate surface area is 99.5 Å². The van der Waals surface area contributed by atoms with E-state index in [1.165, 1.54) is 6.92 Å². The quantitative estimate of drug-likeness (QED) is 0.815. The second-order valence-corrected chi connectivity index (χ2v) is 4.66. The van der Waals surface area contributed by atoms with Gasteiger partial charge in [-0.1, -0.05) is 0 Å². The van der Waals surface area contributed by atoms with Gasteiger partial charge in [0.1, 0.15) is 12.2 Å². The molecule has 0 aromatic rings.